The lowest BCUT2D eigenvalue weighted by Crippen LogP contribution is -2.35. The normalized spacial score (nSPS) is 23.6. The van der Waals surface area contributed by atoms with Crippen LogP contribution < -0.4 is 0 Å². The zero-order chi connectivity index (χ0) is 11.4. The van der Waals surface area contributed by atoms with Crippen LogP contribution in [0.25, 0.3) is 0 Å². The van der Waals surface area contributed by atoms with Crippen molar-refractivity contribution >= 4 is 11.9 Å². The van der Waals surface area contributed by atoms with Crippen LogP contribution in [0.4, 0.5) is 0 Å². The molecule has 15 heavy (non-hydrogen) atoms. The van der Waals surface area contributed by atoms with Crippen molar-refractivity contribution in [2.75, 3.05) is 26.8 Å². The van der Waals surface area contributed by atoms with Crippen molar-refractivity contribution in [1.82, 2.24) is 4.90 Å². The highest BCUT2D eigenvalue weighted by Crippen LogP contribution is 2.39. The van der Waals surface area contributed by atoms with Gasteiger partial charge in [-0.25, -0.2) is 0 Å². The monoisotopic (exact) mass is 215 g/mol. The summed E-state index contributed by atoms with van der Waals surface area (Å²) in [4.78, 5) is 24.0. The molecule has 0 heterocycles. The van der Waals surface area contributed by atoms with Gasteiger partial charge in [0, 0.05) is 20.2 Å². The van der Waals surface area contributed by atoms with Crippen LogP contribution in [0.1, 0.15) is 13.3 Å². The molecule has 0 aliphatic heterocycles. The highest BCUT2D eigenvalue weighted by molar-refractivity contribution is 5.89. The zero-order valence-electron chi connectivity index (χ0n) is 9.10. The largest absolute Gasteiger partial charge is 0.481 e. The Morgan fingerprint density at radius 3 is 2.53 bits per heavy atom. The maximum atomic E-state index is 11.8. The van der Waals surface area contributed by atoms with Crippen LogP contribution in [0, 0.1) is 11.8 Å². The molecule has 2 unspecified atom stereocenters. The van der Waals surface area contributed by atoms with Crippen LogP contribution in [0.2, 0.25) is 0 Å². The maximum absolute atomic E-state index is 11.8. The molecule has 0 aromatic heterocycles. The minimum Gasteiger partial charge on any atom is -0.481 e. The van der Waals surface area contributed by atoms with E-state index in [1.807, 2.05) is 6.92 Å². The lowest BCUT2D eigenvalue weighted by Gasteiger charge is -2.20. The van der Waals surface area contributed by atoms with E-state index >= 15 is 0 Å². The van der Waals surface area contributed by atoms with Gasteiger partial charge in [-0.1, -0.05) is 0 Å². The molecule has 1 saturated carbocycles. The van der Waals surface area contributed by atoms with E-state index in [1.165, 1.54) is 0 Å². The molecular formula is C10H17NO4. The predicted octanol–water partition coefficient (Wildman–Crippen LogP) is 0.202. The van der Waals surface area contributed by atoms with Gasteiger partial charge in [0.15, 0.2) is 0 Å². The first kappa shape index (κ1) is 12.0. The zero-order valence-corrected chi connectivity index (χ0v) is 9.10. The number of methoxy groups -OCH3 is 1. The van der Waals surface area contributed by atoms with Gasteiger partial charge in [-0.2, -0.15) is 0 Å². The van der Waals surface area contributed by atoms with Crippen molar-refractivity contribution in [3.05, 3.63) is 0 Å². The van der Waals surface area contributed by atoms with Crippen molar-refractivity contribution in [2.24, 2.45) is 11.8 Å². The smallest absolute Gasteiger partial charge is 0.307 e. The Labute approximate surface area is 89.0 Å². The van der Waals surface area contributed by atoms with Gasteiger partial charge in [0.05, 0.1) is 18.4 Å². The number of aliphatic carboxylic acids is 1. The Morgan fingerprint density at radius 2 is 2.13 bits per heavy atom. The van der Waals surface area contributed by atoms with Gasteiger partial charge < -0.3 is 14.7 Å². The molecule has 0 aromatic rings. The highest BCUT2D eigenvalue weighted by atomic mass is 16.5. The average molecular weight is 215 g/mol. The van der Waals surface area contributed by atoms with Gasteiger partial charge in [-0.15, -0.1) is 0 Å². The fourth-order valence-corrected chi connectivity index (χ4v) is 1.60. The number of carboxylic acid groups (broad SMARTS) is 1. The average Bonchev–Trinajstić information content (AvgIpc) is 2.98. The van der Waals surface area contributed by atoms with Crippen LogP contribution in [-0.4, -0.2) is 48.7 Å². The Hall–Kier alpha value is -1.10. The quantitative estimate of drug-likeness (QED) is 0.687. The van der Waals surface area contributed by atoms with Gasteiger partial charge in [-0.05, 0) is 13.3 Å². The second-order valence-electron chi connectivity index (χ2n) is 3.70. The Balaban J connectivity index is 2.41. The molecule has 1 fully saturated rings. The van der Waals surface area contributed by atoms with Crippen molar-refractivity contribution in [1.29, 1.82) is 0 Å². The summed E-state index contributed by atoms with van der Waals surface area (Å²) in [6.07, 6.45) is 0.484. The standard InChI is InChI=1S/C10H17NO4/c1-3-11(4-5-15-2)9(12)7-6-8(7)10(13)14/h7-8H,3-6H2,1-2H3,(H,13,14). The van der Waals surface area contributed by atoms with Gasteiger partial charge in [0.25, 0.3) is 0 Å². The Morgan fingerprint density at radius 1 is 1.47 bits per heavy atom. The molecule has 1 amide bonds. The van der Waals surface area contributed by atoms with Crippen LogP contribution in [-0.2, 0) is 14.3 Å². The SMILES string of the molecule is CCN(CCOC)C(=O)C1CC1C(=O)O. The lowest BCUT2D eigenvalue weighted by atomic mass is 10.2. The third-order valence-electron chi connectivity index (χ3n) is 2.68. The van der Waals surface area contributed by atoms with E-state index in [1.54, 1.807) is 12.0 Å². The van der Waals surface area contributed by atoms with E-state index in [0.29, 0.717) is 26.1 Å². The lowest BCUT2D eigenvalue weighted by molar-refractivity contribution is -0.142. The number of hydrogen-bond donors (Lipinski definition) is 1. The van der Waals surface area contributed by atoms with E-state index in [2.05, 4.69) is 0 Å². The second-order valence-corrected chi connectivity index (χ2v) is 3.70. The second kappa shape index (κ2) is 5.11. The molecule has 0 radical (unpaired) electrons. The summed E-state index contributed by atoms with van der Waals surface area (Å²) in [6, 6.07) is 0. The van der Waals surface area contributed by atoms with Gasteiger partial charge in [0.2, 0.25) is 5.91 Å². The first-order valence-corrected chi connectivity index (χ1v) is 5.12. The van der Waals surface area contributed by atoms with Crippen LogP contribution in [0.5, 0.6) is 0 Å². The number of nitrogens with zero attached hydrogens (tertiary/aromatic N) is 1. The summed E-state index contributed by atoms with van der Waals surface area (Å²) < 4.78 is 4.89. The third-order valence-corrected chi connectivity index (χ3v) is 2.68. The first-order valence-electron chi connectivity index (χ1n) is 5.12. The number of carbonyl (C=O) groups is 2. The molecule has 1 aliphatic carbocycles. The van der Waals surface area contributed by atoms with Crippen molar-refractivity contribution < 1.29 is 19.4 Å². The van der Waals surface area contributed by atoms with Crippen LogP contribution >= 0.6 is 0 Å². The summed E-state index contributed by atoms with van der Waals surface area (Å²) in [6.45, 7) is 3.51. The Bertz CT molecular complexity index is 254. The predicted molar refractivity (Wildman–Crippen MR) is 53.4 cm³/mol. The third kappa shape index (κ3) is 2.92. The number of rotatable bonds is 6. The topological polar surface area (TPSA) is 66.8 Å². The summed E-state index contributed by atoms with van der Waals surface area (Å²) in [5, 5.41) is 8.71. The van der Waals surface area contributed by atoms with E-state index in [4.69, 9.17) is 9.84 Å². The van der Waals surface area contributed by atoms with E-state index in [9.17, 15) is 9.59 Å². The van der Waals surface area contributed by atoms with E-state index < -0.39 is 11.9 Å². The molecule has 2 atom stereocenters. The van der Waals surface area contributed by atoms with E-state index in [0.717, 1.165) is 0 Å². The first-order chi connectivity index (χ1) is 7.11. The summed E-state index contributed by atoms with van der Waals surface area (Å²) in [5.74, 6) is -1.69. The molecule has 5 heteroatoms. The molecule has 0 saturated heterocycles. The maximum Gasteiger partial charge on any atom is 0.307 e. The van der Waals surface area contributed by atoms with Crippen molar-refractivity contribution in [3.8, 4) is 0 Å². The summed E-state index contributed by atoms with van der Waals surface area (Å²) >= 11 is 0. The highest BCUT2D eigenvalue weighted by Gasteiger charge is 2.49. The molecular weight excluding hydrogens is 198 g/mol. The number of ether oxygens (including phenoxy) is 1. The number of carboxylic acids is 1. The van der Waals surface area contributed by atoms with Crippen molar-refractivity contribution in [3.63, 3.8) is 0 Å². The molecule has 0 bridgehead atoms. The summed E-state index contributed by atoms with van der Waals surface area (Å²) in [5.41, 5.74) is 0. The van der Waals surface area contributed by atoms with Crippen LogP contribution in [0.15, 0.2) is 0 Å². The number of amides is 1. The van der Waals surface area contributed by atoms with Gasteiger partial charge in [-0.3, -0.25) is 9.59 Å². The van der Waals surface area contributed by atoms with Crippen molar-refractivity contribution in [2.45, 2.75) is 13.3 Å². The van der Waals surface area contributed by atoms with Crippen LogP contribution in [0.3, 0.4) is 0 Å². The molecule has 1 rings (SSSR count). The Kier molecular flexibility index (Phi) is 4.08. The minimum absolute atomic E-state index is 0.0537. The molecule has 0 aromatic carbocycles. The van der Waals surface area contributed by atoms with Gasteiger partial charge in [0.1, 0.15) is 0 Å². The number of carbonyl (C=O) groups excluding carboxylic acids is 1. The molecule has 1 aliphatic rings. The molecule has 86 valence electrons. The summed E-state index contributed by atoms with van der Waals surface area (Å²) in [7, 11) is 1.58. The molecule has 5 nitrogen and oxygen atoms in total. The number of hydrogen-bond acceptors (Lipinski definition) is 3. The molecule has 1 N–H and O–H groups in total. The van der Waals surface area contributed by atoms with E-state index in [-0.39, 0.29) is 11.8 Å². The molecule has 0 spiro atoms. The van der Waals surface area contributed by atoms with Gasteiger partial charge >= 0.3 is 5.97 Å². The number of likely N-dealkylation sites (N-methyl/N-ethyl adjacent to an activating group) is 1. The fourth-order valence-electron chi connectivity index (χ4n) is 1.60. The fraction of sp³-hybridized carbons (Fsp3) is 0.800. The minimum atomic E-state index is -0.865.